The van der Waals surface area contributed by atoms with E-state index in [1.165, 1.54) is 25.0 Å². The summed E-state index contributed by atoms with van der Waals surface area (Å²) in [4.78, 5) is 36.6. The third-order valence-electron chi connectivity index (χ3n) is 5.57. The van der Waals surface area contributed by atoms with E-state index in [2.05, 4.69) is 10.4 Å². The number of nitrogens with zero attached hydrogens (tertiary/aromatic N) is 2. The first kappa shape index (κ1) is 20.3. The van der Waals surface area contributed by atoms with Gasteiger partial charge in [-0.1, -0.05) is 18.2 Å². The Labute approximate surface area is 187 Å². The van der Waals surface area contributed by atoms with Gasteiger partial charge >= 0.3 is 5.97 Å². The Morgan fingerprint density at radius 3 is 2.21 bits per heavy atom. The highest BCUT2D eigenvalue weighted by Crippen LogP contribution is 2.41. The lowest BCUT2D eigenvalue weighted by molar-refractivity contribution is 0.0689. The van der Waals surface area contributed by atoms with Crippen molar-refractivity contribution in [2.24, 2.45) is 0 Å². The van der Waals surface area contributed by atoms with E-state index in [1.807, 2.05) is 0 Å². The zero-order valence-corrected chi connectivity index (χ0v) is 17.6. The van der Waals surface area contributed by atoms with Crippen LogP contribution in [0.1, 0.15) is 31.2 Å². The van der Waals surface area contributed by atoms with Crippen molar-refractivity contribution in [2.75, 3.05) is 14.2 Å². The Morgan fingerprint density at radius 2 is 1.58 bits per heavy atom. The Hall–Kier alpha value is -4.66. The quantitative estimate of drug-likeness (QED) is 0.454. The molecule has 33 heavy (non-hydrogen) atoms. The van der Waals surface area contributed by atoms with Crippen molar-refractivity contribution >= 4 is 28.6 Å². The largest absolute Gasteiger partial charge is 0.496 e. The first-order valence-electron chi connectivity index (χ1n) is 9.91. The van der Waals surface area contributed by atoms with Gasteiger partial charge in [0.15, 0.2) is 5.69 Å². The number of ether oxygens (including phenoxy) is 2. The lowest BCUT2D eigenvalue weighted by Gasteiger charge is -2.20. The molecule has 0 saturated carbocycles. The summed E-state index contributed by atoms with van der Waals surface area (Å²) in [5, 5.41) is 17.4. The minimum absolute atomic E-state index is 0.188. The van der Waals surface area contributed by atoms with Crippen LogP contribution < -0.4 is 14.8 Å². The summed E-state index contributed by atoms with van der Waals surface area (Å²) in [5.74, 6) is -1.27. The second kappa shape index (κ2) is 7.49. The van der Waals surface area contributed by atoms with Crippen molar-refractivity contribution in [3.05, 3.63) is 71.4 Å². The second-order valence-corrected chi connectivity index (χ2v) is 7.31. The van der Waals surface area contributed by atoms with Gasteiger partial charge in [-0.05, 0) is 36.4 Å². The Bertz CT molecular complexity index is 1440. The van der Waals surface area contributed by atoms with Gasteiger partial charge in [0.2, 0.25) is 0 Å². The number of aromatic carboxylic acids is 1. The number of rotatable bonds is 5. The van der Waals surface area contributed by atoms with E-state index < -0.39 is 17.8 Å². The summed E-state index contributed by atoms with van der Waals surface area (Å²) in [6.07, 6.45) is 0. The number of nitrogens with one attached hydrogen (secondary N) is 1. The highest BCUT2D eigenvalue weighted by Gasteiger charge is 2.28. The molecule has 0 bridgehead atoms. The number of hydrogen-bond acceptors (Lipinski definition) is 6. The van der Waals surface area contributed by atoms with Crippen LogP contribution in [0.15, 0.2) is 54.6 Å². The number of aromatic nitrogens is 2. The Morgan fingerprint density at radius 1 is 0.939 bits per heavy atom. The van der Waals surface area contributed by atoms with Crippen LogP contribution in [0.4, 0.5) is 0 Å². The molecule has 2 heterocycles. The molecule has 0 spiro atoms. The van der Waals surface area contributed by atoms with Gasteiger partial charge in [0.05, 0.1) is 31.2 Å². The molecular formula is C24H17N3O6. The van der Waals surface area contributed by atoms with Gasteiger partial charge in [0.25, 0.3) is 11.8 Å². The normalized spacial score (nSPS) is 12.5. The molecule has 1 aliphatic heterocycles. The molecule has 164 valence electrons. The first-order valence-corrected chi connectivity index (χ1v) is 9.91. The van der Waals surface area contributed by atoms with Crippen molar-refractivity contribution in [3.63, 3.8) is 0 Å². The molecule has 0 saturated heterocycles. The highest BCUT2D eigenvalue weighted by molar-refractivity contribution is 6.26. The number of benzene rings is 3. The van der Waals surface area contributed by atoms with E-state index in [1.54, 1.807) is 48.5 Å². The highest BCUT2D eigenvalue weighted by atomic mass is 16.5. The first-order chi connectivity index (χ1) is 15.9. The van der Waals surface area contributed by atoms with Crippen LogP contribution >= 0.6 is 0 Å². The predicted molar refractivity (Wildman–Crippen MR) is 118 cm³/mol. The number of carboxylic acid groups (broad SMARTS) is 1. The van der Waals surface area contributed by atoms with Crippen LogP contribution in [0.25, 0.3) is 27.7 Å². The van der Waals surface area contributed by atoms with Crippen LogP contribution in [0.5, 0.6) is 11.5 Å². The van der Waals surface area contributed by atoms with Gasteiger partial charge in [-0.3, -0.25) is 14.9 Å². The zero-order valence-electron chi connectivity index (χ0n) is 17.6. The van der Waals surface area contributed by atoms with Crippen molar-refractivity contribution in [1.29, 1.82) is 0 Å². The third-order valence-corrected chi connectivity index (χ3v) is 5.57. The molecule has 0 atom stereocenters. The standard InChI is InChI=1S/C24H17N3O6/c1-32-18-7-4-8-19(33-2)21(18)17-11-15(24(30)31)26-27(17)16-10-9-14-20-12(16)5-3-6-13(20)22(28)25-23(14)29/h3-11H,1-2H3,(H,30,31)(H,25,28,29). The smallest absolute Gasteiger partial charge is 0.356 e. The third kappa shape index (κ3) is 3.01. The minimum atomic E-state index is -1.21. The van der Waals surface area contributed by atoms with E-state index in [-0.39, 0.29) is 5.69 Å². The topological polar surface area (TPSA) is 120 Å². The molecule has 9 nitrogen and oxygen atoms in total. The maximum absolute atomic E-state index is 12.4. The molecule has 0 radical (unpaired) electrons. The summed E-state index contributed by atoms with van der Waals surface area (Å²) in [7, 11) is 3.01. The number of carboxylic acids is 1. The van der Waals surface area contributed by atoms with Crippen LogP contribution in [0.3, 0.4) is 0 Å². The van der Waals surface area contributed by atoms with Gasteiger partial charge in [-0.2, -0.15) is 5.10 Å². The van der Waals surface area contributed by atoms with E-state index in [0.717, 1.165) is 0 Å². The average Bonchev–Trinajstić information content (AvgIpc) is 3.26. The van der Waals surface area contributed by atoms with Crippen molar-refractivity contribution in [1.82, 2.24) is 15.1 Å². The molecule has 0 aliphatic carbocycles. The van der Waals surface area contributed by atoms with Crippen molar-refractivity contribution < 1.29 is 29.0 Å². The van der Waals surface area contributed by atoms with Crippen LogP contribution in [0.2, 0.25) is 0 Å². The van der Waals surface area contributed by atoms with Gasteiger partial charge in [-0.25, -0.2) is 9.48 Å². The molecule has 4 aromatic rings. The summed E-state index contributed by atoms with van der Waals surface area (Å²) in [5.41, 5.74) is 1.93. The fraction of sp³-hybridized carbons (Fsp3) is 0.0833. The molecular weight excluding hydrogens is 426 g/mol. The molecule has 5 rings (SSSR count). The molecule has 2 N–H and O–H groups in total. The lowest BCUT2D eigenvalue weighted by Crippen LogP contribution is -2.34. The lowest BCUT2D eigenvalue weighted by atomic mass is 9.94. The van der Waals surface area contributed by atoms with Crippen LogP contribution in [-0.2, 0) is 0 Å². The van der Waals surface area contributed by atoms with Gasteiger partial charge in [-0.15, -0.1) is 0 Å². The summed E-state index contributed by atoms with van der Waals surface area (Å²) >= 11 is 0. The van der Waals surface area contributed by atoms with E-state index in [0.29, 0.717) is 50.3 Å². The van der Waals surface area contributed by atoms with Crippen molar-refractivity contribution in [2.45, 2.75) is 0 Å². The maximum Gasteiger partial charge on any atom is 0.356 e. The molecule has 1 aliphatic rings. The molecule has 3 aromatic carbocycles. The van der Waals surface area contributed by atoms with Gasteiger partial charge in [0, 0.05) is 21.9 Å². The number of imide groups is 1. The molecule has 0 unspecified atom stereocenters. The van der Waals surface area contributed by atoms with Gasteiger partial charge in [0.1, 0.15) is 11.5 Å². The number of carbonyl (C=O) groups excluding carboxylic acids is 2. The summed E-state index contributed by atoms with van der Waals surface area (Å²) < 4.78 is 12.5. The predicted octanol–water partition coefficient (Wildman–Crippen LogP) is 3.29. The molecule has 9 heteroatoms. The molecule has 0 fully saturated rings. The summed E-state index contributed by atoms with van der Waals surface area (Å²) in [6.45, 7) is 0. The van der Waals surface area contributed by atoms with E-state index >= 15 is 0 Å². The zero-order chi connectivity index (χ0) is 23.3. The number of carbonyl (C=O) groups is 3. The number of methoxy groups -OCH3 is 2. The monoisotopic (exact) mass is 443 g/mol. The summed E-state index contributed by atoms with van der Waals surface area (Å²) in [6, 6.07) is 15.0. The SMILES string of the molecule is COc1cccc(OC)c1-c1cc(C(=O)O)nn1-c1ccc2c3c(cccc13)C(=O)NC2=O. The fourth-order valence-electron chi connectivity index (χ4n) is 4.14. The second-order valence-electron chi connectivity index (χ2n) is 7.31. The number of hydrogen-bond donors (Lipinski definition) is 2. The molecule has 2 amide bonds. The molecule has 1 aromatic heterocycles. The van der Waals surface area contributed by atoms with Crippen LogP contribution in [0, 0.1) is 0 Å². The minimum Gasteiger partial charge on any atom is -0.496 e. The Balaban J connectivity index is 1.87. The Kier molecular flexibility index (Phi) is 4.59. The average molecular weight is 443 g/mol. The number of amides is 2. The van der Waals surface area contributed by atoms with Crippen LogP contribution in [-0.4, -0.2) is 46.9 Å². The fourth-order valence-corrected chi connectivity index (χ4v) is 4.14. The van der Waals surface area contributed by atoms with Gasteiger partial charge < -0.3 is 14.6 Å². The maximum atomic E-state index is 12.4. The van der Waals surface area contributed by atoms with E-state index in [9.17, 15) is 19.5 Å². The van der Waals surface area contributed by atoms with Crippen molar-refractivity contribution in [3.8, 4) is 28.4 Å². The van der Waals surface area contributed by atoms with E-state index in [4.69, 9.17) is 9.47 Å².